The first-order valence-corrected chi connectivity index (χ1v) is 5.20. The van der Waals surface area contributed by atoms with E-state index in [2.05, 4.69) is 0 Å². The first kappa shape index (κ1) is 10.4. The third kappa shape index (κ3) is 2.39. The molecule has 0 bridgehead atoms. The van der Waals surface area contributed by atoms with Gasteiger partial charge in [0, 0.05) is 18.1 Å². The number of carbonyl (C=O) groups excluding carboxylic acids is 1. The van der Waals surface area contributed by atoms with Gasteiger partial charge in [0.1, 0.15) is 6.10 Å². The molecule has 0 saturated heterocycles. The molecule has 72 valence electrons. The predicted octanol–water partition coefficient (Wildman–Crippen LogP) is 2.60. The molecule has 2 nitrogen and oxygen atoms in total. The number of hydrogen-bond acceptors (Lipinski definition) is 3. The Hall–Kier alpha value is -0.670. The van der Waals surface area contributed by atoms with Crippen molar-refractivity contribution in [3.63, 3.8) is 0 Å². The highest BCUT2D eigenvalue weighted by atomic mass is 32.1. The SMILES string of the molecule is COC(C(=O)c1ccsc1)C(C)C. The maximum Gasteiger partial charge on any atom is 0.192 e. The molecule has 0 saturated carbocycles. The fraction of sp³-hybridized carbons (Fsp3) is 0.500. The second-order valence-corrected chi connectivity index (χ2v) is 4.06. The second kappa shape index (κ2) is 4.53. The minimum absolute atomic E-state index is 0.0822. The van der Waals surface area contributed by atoms with E-state index in [1.165, 1.54) is 11.3 Å². The summed E-state index contributed by atoms with van der Waals surface area (Å²) in [6.45, 7) is 3.97. The molecule has 1 atom stereocenters. The van der Waals surface area contributed by atoms with Crippen molar-refractivity contribution in [3.8, 4) is 0 Å². The Morgan fingerprint density at radius 2 is 2.23 bits per heavy atom. The molecule has 1 heterocycles. The van der Waals surface area contributed by atoms with Crippen molar-refractivity contribution in [1.29, 1.82) is 0 Å². The van der Waals surface area contributed by atoms with Crippen molar-refractivity contribution in [1.82, 2.24) is 0 Å². The maximum absolute atomic E-state index is 11.8. The molecule has 0 fully saturated rings. The van der Waals surface area contributed by atoms with Crippen molar-refractivity contribution >= 4 is 17.1 Å². The van der Waals surface area contributed by atoms with Gasteiger partial charge in [0.2, 0.25) is 0 Å². The molecule has 0 aliphatic heterocycles. The summed E-state index contributed by atoms with van der Waals surface area (Å²) in [6, 6.07) is 1.83. The van der Waals surface area contributed by atoms with Crippen LogP contribution in [0.4, 0.5) is 0 Å². The molecule has 1 aromatic rings. The lowest BCUT2D eigenvalue weighted by Gasteiger charge is -2.16. The second-order valence-electron chi connectivity index (χ2n) is 3.28. The van der Waals surface area contributed by atoms with Gasteiger partial charge in [-0.25, -0.2) is 0 Å². The topological polar surface area (TPSA) is 26.3 Å². The summed E-state index contributed by atoms with van der Waals surface area (Å²) in [6.07, 6.45) is -0.311. The monoisotopic (exact) mass is 198 g/mol. The summed E-state index contributed by atoms with van der Waals surface area (Å²) in [5, 5.41) is 3.76. The van der Waals surface area contributed by atoms with Crippen LogP contribution in [0.5, 0.6) is 0 Å². The largest absolute Gasteiger partial charge is 0.373 e. The van der Waals surface area contributed by atoms with E-state index < -0.39 is 0 Å². The molecule has 0 aliphatic carbocycles. The summed E-state index contributed by atoms with van der Waals surface area (Å²) in [5.41, 5.74) is 0.755. The van der Waals surface area contributed by atoms with Crippen LogP contribution in [0.1, 0.15) is 24.2 Å². The number of ketones is 1. The van der Waals surface area contributed by atoms with E-state index in [1.807, 2.05) is 30.7 Å². The Kier molecular flexibility index (Phi) is 3.63. The zero-order chi connectivity index (χ0) is 9.84. The smallest absolute Gasteiger partial charge is 0.192 e. The summed E-state index contributed by atoms with van der Waals surface area (Å²) in [4.78, 5) is 11.8. The molecule has 1 rings (SSSR count). The van der Waals surface area contributed by atoms with Gasteiger partial charge in [0.05, 0.1) is 0 Å². The Labute approximate surface area is 82.5 Å². The molecule has 0 radical (unpaired) electrons. The lowest BCUT2D eigenvalue weighted by atomic mass is 9.99. The Morgan fingerprint density at radius 1 is 1.54 bits per heavy atom. The fourth-order valence-electron chi connectivity index (χ4n) is 1.25. The van der Waals surface area contributed by atoms with Crippen molar-refractivity contribution in [2.75, 3.05) is 7.11 Å². The van der Waals surface area contributed by atoms with Gasteiger partial charge in [0.15, 0.2) is 5.78 Å². The summed E-state index contributed by atoms with van der Waals surface area (Å²) >= 11 is 1.53. The van der Waals surface area contributed by atoms with Crippen LogP contribution in [0.15, 0.2) is 16.8 Å². The van der Waals surface area contributed by atoms with Crippen LogP contribution in [-0.2, 0) is 4.74 Å². The van der Waals surface area contributed by atoms with E-state index in [4.69, 9.17) is 4.74 Å². The van der Waals surface area contributed by atoms with E-state index in [9.17, 15) is 4.79 Å². The van der Waals surface area contributed by atoms with Crippen LogP contribution in [-0.4, -0.2) is 19.0 Å². The zero-order valence-corrected chi connectivity index (χ0v) is 8.93. The third-order valence-corrected chi connectivity index (χ3v) is 2.61. The first-order valence-electron chi connectivity index (χ1n) is 4.26. The van der Waals surface area contributed by atoms with E-state index >= 15 is 0 Å². The number of rotatable bonds is 4. The van der Waals surface area contributed by atoms with Crippen LogP contribution in [0, 0.1) is 5.92 Å². The van der Waals surface area contributed by atoms with Gasteiger partial charge in [-0.1, -0.05) is 13.8 Å². The van der Waals surface area contributed by atoms with Gasteiger partial charge in [-0.05, 0) is 17.4 Å². The normalized spacial score (nSPS) is 13.2. The molecule has 0 aliphatic rings. The van der Waals surface area contributed by atoms with Gasteiger partial charge in [0.25, 0.3) is 0 Å². The molecule has 1 unspecified atom stereocenters. The highest BCUT2D eigenvalue weighted by Crippen LogP contribution is 2.15. The number of Topliss-reactive ketones (excluding diaryl/α,β-unsaturated/α-hetero) is 1. The quantitative estimate of drug-likeness (QED) is 0.695. The number of methoxy groups -OCH3 is 1. The lowest BCUT2D eigenvalue weighted by molar-refractivity contribution is 0.0459. The average molecular weight is 198 g/mol. The van der Waals surface area contributed by atoms with Crippen LogP contribution in [0.2, 0.25) is 0 Å². The molecule has 3 heteroatoms. The number of thiophene rings is 1. The highest BCUT2D eigenvalue weighted by Gasteiger charge is 2.22. The van der Waals surface area contributed by atoms with Gasteiger partial charge in [-0.15, -0.1) is 0 Å². The summed E-state index contributed by atoms with van der Waals surface area (Å²) in [5.74, 6) is 0.302. The van der Waals surface area contributed by atoms with Gasteiger partial charge in [-0.3, -0.25) is 4.79 Å². The van der Waals surface area contributed by atoms with Crippen LogP contribution in [0.3, 0.4) is 0 Å². The third-order valence-electron chi connectivity index (χ3n) is 1.92. The maximum atomic E-state index is 11.8. The molecule has 1 aromatic heterocycles. The Balaban J connectivity index is 2.77. The van der Waals surface area contributed by atoms with Crippen LogP contribution >= 0.6 is 11.3 Å². The molecule has 0 spiro atoms. The first-order chi connectivity index (χ1) is 6.16. The van der Waals surface area contributed by atoms with Crippen molar-refractivity contribution in [2.45, 2.75) is 20.0 Å². The Morgan fingerprint density at radius 3 is 2.62 bits per heavy atom. The molecule has 0 N–H and O–H groups in total. The van der Waals surface area contributed by atoms with E-state index in [1.54, 1.807) is 7.11 Å². The molecular weight excluding hydrogens is 184 g/mol. The number of hydrogen-bond donors (Lipinski definition) is 0. The Bertz CT molecular complexity index is 264. The highest BCUT2D eigenvalue weighted by molar-refractivity contribution is 7.08. The van der Waals surface area contributed by atoms with Crippen molar-refractivity contribution < 1.29 is 9.53 Å². The summed E-state index contributed by atoms with van der Waals surface area (Å²) in [7, 11) is 1.58. The predicted molar refractivity (Wildman–Crippen MR) is 54.3 cm³/mol. The van der Waals surface area contributed by atoms with E-state index in [0.717, 1.165) is 5.56 Å². The summed E-state index contributed by atoms with van der Waals surface area (Å²) < 4.78 is 5.15. The minimum atomic E-state index is -0.311. The van der Waals surface area contributed by atoms with Gasteiger partial charge < -0.3 is 4.74 Å². The lowest BCUT2D eigenvalue weighted by Crippen LogP contribution is -2.28. The van der Waals surface area contributed by atoms with Crippen LogP contribution < -0.4 is 0 Å². The van der Waals surface area contributed by atoms with Gasteiger partial charge in [-0.2, -0.15) is 11.3 Å². The van der Waals surface area contributed by atoms with Crippen molar-refractivity contribution in [3.05, 3.63) is 22.4 Å². The van der Waals surface area contributed by atoms with E-state index in [-0.39, 0.29) is 17.8 Å². The van der Waals surface area contributed by atoms with E-state index in [0.29, 0.717) is 0 Å². The van der Waals surface area contributed by atoms with Crippen LogP contribution in [0.25, 0.3) is 0 Å². The molecule has 0 amide bonds. The minimum Gasteiger partial charge on any atom is -0.373 e. The van der Waals surface area contributed by atoms with Crippen molar-refractivity contribution in [2.24, 2.45) is 5.92 Å². The standard InChI is InChI=1S/C10H14O2S/c1-7(2)10(12-3)9(11)8-4-5-13-6-8/h4-7,10H,1-3H3. The zero-order valence-electron chi connectivity index (χ0n) is 8.11. The molecule has 0 aromatic carbocycles. The fourth-order valence-corrected chi connectivity index (χ4v) is 1.90. The molecule has 13 heavy (non-hydrogen) atoms. The number of ether oxygens (including phenoxy) is 1. The average Bonchev–Trinajstić information content (AvgIpc) is 2.56. The number of carbonyl (C=O) groups is 1. The van der Waals surface area contributed by atoms with Gasteiger partial charge >= 0.3 is 0 Å². The molecular formula is C10H14O2S.